The molecule has 9 heteroatoms. The second-order valence-electron chi connectivity index (χ2n) is 4.15. The number of rotatable bonds is 3. The zero-order valence-corrected chi connectivity index (χ0v) is 11.8. The lowest BCUT2D eigenvalue weighted by Crippen LogP contribution is -2.56. The van der Waals surface area contributed by atoms with E-state index in [-0.39, 0.29) is 30.4 Å². The van der Waals surface area contributed by atoms with Crippen molar-refractivity contribution in [2.24, 2.45) is 0 Å². The van der Waals surface area contributed by atoms with Gasteiger partial charge in [0.25, 0.3) is 5.69 Å². The highest BCUT2D eigenvalue weighted by molar-refractivity contribution is 9.10. The van der Waals surface area contributed by atoms with E-state index in [1.165, 1.54) is 12.1 Å². The summed E-state index contributed by atoms with van der Waals surface area (Å²) in [6.45, 7) is 0.190. The van der Waals surface area contributed by atoms with E-state index in [4.69, 9.17) is 0 Å². The summed E-state index contributed by atoms with van der Waals surface area (Å²) >= 11 is 3.14. The van der Waals surface area contributed by atoms with Gasteiger partial charge in [-0.25, -0.2) is 0 Å². The van der Waals surface area contributed by atoms with Crippen molar-refractivity contribution in [3.8, 4) is 0 Å². The molecule has 0 aliphatic carbocycles. The van der Waals surface area contributed by atoms with Crippen molar-refractivity contribution in [2.75, 3.05) is 18.4 Å². The fourth-order valence-electron chi connectivity index (χ4n) is 1.73. The van der Waals surface area contributed by atoms with E-state index in [9.17, 15) is 19.7 Å². The topological polar surface area (TPSA) is 113 Å². The number of nitrogens with one attached hydrogen (secondary N) is 3. The number of carbonyl (C=O) groups excluding carboxylic acids is 2. The van der Waals surface area contributed by atoms with Crippen molar-refractivity contribution >= 4 is 39.1 Å². The van der Waals surface area contributed by atoms with Crippen LogP contribution in [0, 0.1) is 10.1 Å². The van der Waals surface area contributed by atoms with Gasteiger partial charge in [-0.1, -0.05) is 15.9 Å². The maximum atomic E-state index is 12.0. The monoisotopic (exact) mass is 342 g/mol. The van der Waals surface area contributed by atoms with Crippen molar-refractivity contribution in [2.45, 2.75) is 6.04 Å². The highest BCUT2D eigenvalue weighted by atomic mass is 79.9. The van der Waals surface area contributed by atoms with Crippen LogP contribution < -0.4 is 16.0 Å². The molecule has 1 heterocycles. The Kier molecular flexibility index (Phi) is 4.30. The Morgan fingerprint density at radius 3 is 2.85 bits per heavy atom. The molecule has 1 aromatic rings. The largest absolute Gasteiger partial charge is 0.353 e. The Morgan fingerprint density at radius 2 is 2.25 bits per heavy atom. The van der Waals surface area contributed by atoms with Crippen LogP contribution in [-0.2, 0) is 9.59 Å². The second-order valence-corrected chi connectivity index (χ2v) is 5.06. The first kappa shape index (κ1) is 14.4. The second kappa shape index (κ2) is 5.97. The molecule has 0 bridgehead atoms. The van der Waals surface area contributed by atoms with Crippen molar-refractivity contribution in [1.29, 1.82) is 0 Å². The van der Waals surface area contributed by atoms with Gasteiger partial charge in [0.15, 0.2) is 0 Å². The molecule has 0 saturated carbocycles. The SMILES string of the molecule is O=C1CNC(C(=O)Nc2ccc(Br)cc2[N+](=O)[O-])CN1. The molecule has 2 amide bonds. The highest BCUT2D eigenvalue weighted by Gasteiger charge is 2.25. The molecule has 20 heavy (non-hydrogen) atoms. The van der Waals surface area contributed by atoms with Crippen LogP contribution in [0.5, 0.6) is 0 Å². The summed E-state index contributed by atoms with van der Waals surface area (Å²) in [4.78, 5) is 33.3. The van der Waals surface area contributed by atoms with Crippen LogP contribution in [0.4, 0.5) is 11.4 Å². The van der Waals surface area contributed by atoms with Gasteiger partial charge in [0.05, 0.1) is 11.5 Å². The van der Waals surface area contributed by atoms with Gasteiger partial charge in [-0.2, -0.15) is 0 Å². The van der Waals surface area contributed by atoms with E-state index in [0.29, 0.717) is 4.47 Å². The number of halogens is 1. The summed E-state index contributed by atoms with van der Waals surface area (Å²) in [6.07, 6.45) is 0. The van der Waals surface area contributed by atoms with Gasteiger partial charge in [-0.05, 0) is 12.1 Å². The van der Waals surface area contributed by atoms with Crippen LogP contribution in [0.3, 0.4) is 0 Å². The van der Waals surface area contributed by atoms with Gasteiger partial charge in [0.2, 0.25) is 11.8 Å². The van der Waals surface area contributed by atoms with Gasteiger partial charge in [-0.15, -0.1) is 0 Å². The molecule has 8 nitrogen and oxygen atoms in total. The summed E-state index contributed by atoms with van der Waals surface area (Å²) in [5, 5.41) is 18.7. The predicted octanol–water partition coefficient (Wildman–Crippen LogP) is 0.384. The first-order chi connectivity index (χ1) is 9.47. The fraction of sp³-hybridized carbons (Fsp3) is 0.273. The lowest BCUT2D eigenvalue weighted by molar-refractivity contribution is -0.384. The van der Waals surface area contributed by atoms with Gasteiger partial charge < -0.3 is 10.6 Å². The number of hydrogen-bond acceptors (Lipinski definition) is 5. The molecule has 106 valence electrons. The third kappa shape index (κ3) is 3.31. The average Bonchev–Trinajstić information content (AvgIpc) is 2.41. The van der Waals surface area contributed by atoms with E-state index < -0.39 is 16.9 Å². The van der Waals surface area contributed by atoms with E-state index in [1.807, 2.05) is 0 Å². The van der Waals surface area contributed by atoms with Crippen LogP contribution in [0.25, 0.3) is 0 Å². The predicted molar refractivity (Wildman–Crippen MR) is 74.2 cm³/mol. The normalized spacial score (nSPS) is 18.2. The molecular weight excluding hydrogens is 332 g/mol. The number of hydrogen-bond donors (Lipinski definition) is 3. The van der Waals surface area contributed by atoms with Crippen molar-refractivity contribution in [3.05, 3.63) is 32.8 Å². The standard InChI is InChI=1S/C11H11BrN4O4/c12-6-1-2-7(9(3-6)16(19)20)15-11(18)8-4-14-10(17)5-13-8/h1-3,8,13H,4-5H2,(H,14,17)(H,15,18). The molecule has 1 atom stereocenters. The zero-order valence-electron chi connectivity index (χ0n) is 10.2. The third-order valence-electron chi connectivity index (χ3n) is 2.74. The van der Waals surface area contributed by atoms with E-state index in [0.717, 1.165) is 0 Å². The lowest BCUT2D eigenvalue weighted by Gasteiger charge is -2.23. The summed E-state index contributed by atoms with van der Waals surface area (Å²) in [6, 6.07) is 3.74. The number of anilines is 1. The van der Waals surface area contributed by atoms with Gasteiger partial charge >= 0.3 is 0 Å². The van der Waals surface area contributed by atoms with E-state index in [1.54, 1.807) is 6.07 Å². The Hall–Kier alpha value is -2.00. The van der Waals surface area contributed by atoms with E-state index >= 15 is 0 Å². The van der Waals surface area contributed by atoms with Crippen molar-refractivity contribution < 1.29 is 14.5 Å². The Bertz CT molecular complexity index is 568. The first-order valence-electron chi connectivity index (χ1n) is 5.72. The number of benzene rings is 1. The van der Waals surface area contributed by atoms with Crippen LogP contribution in [-0.4, -0.2) is 35.9 Å². The van der Waals surface area contributed by atoms with Crippen LogP contribution >= 0.6 is 15.9 Å². The minimum absolute atomic E-state index is 0.0422. The molecule has 1 fully saturated rings. The number of nitrogens with zero attached hydrogens (tertiary/aromatic N) is 1. The average molecular weight is 343 g/mol. The number of nitro groups is 1. The van der Waals surface area contributed by atoms with Gasteiger partial charge in [0, 0.05) is 17.1 Å². The quantitative estimate of drug-likeness (QED) is 0.543. The molecule has 1 saturated heterocycles. The molecule has 1 aromatic carbocycles. The number of nitro benzene ring substituents is 1. The van der Waals surface area contributed by atoms with Crippen LogP contribution in [0.15, 0.2) is 22.7 Å². The molecule has 0 radical (unpaired) electrons. The maximum absolute atomic E-state index is 12.0. The molecule has 0 spiro atoms. The van der Waals surface area contributed by atoms with Crippen LogP contribution in [0.2, 0.25) is 0 Å². The number of piperazine rings is 1. The Labute approximate surface area is 122 Å². The third-order valence-corrected chi connectivity index (χ3v) is 3.24. The van der Waals surface area contributed by atoms with E-state index in [2.05, 4.69) is 31.9 Å². The minimum atomic E-state index is -0.615. The molecule has 3 N–H and O–H groups in total. The van der Waals surface area contributed by atoms with Crippen LogP contribution in [0.1, 0.15) is 0 Å². The first-order valence-corrected chi connectivity index (χ1v) is 6.51. The molecule has 1 unspecified atom stereocenters. The van der Waals surface area contributed by atoms with Gasteiger partial charge in [-0.3, -0.25) is 25.0 Å². The summed E-state index contributed by atoms with van der Waals surface area (Å²) in [5.74, 6) is -0.626. The highest BCUT2D eigenvalue weighted by Crippen LogP contribution is 2.28. The Balaban J connectivity index is 2.11. The molecule has 0 aromatic heterocycles. The molecular formula is C11H11BrN4O4. The zero-order chi connectivity index (χ0) is 14.7. The molecule has 1 aliphatic heterocycles. The Morgan fingerprint density at radius 1 is 1.50 bits per heavy atom. The summed E-state index contributed by atoms with van der Waals surface area (Å²) < 4.78 is 0.547. The summed E-state index contributed by atoms with van der Waals surface area (Å²) in [7, 11) is 0. The number of carbonyl (C=O) groups is 2. The lowest BCUT2D eigenvalue weighted by atomic mass is 10.2. The fourth-order valence-corrected chi connectivity index (χ4v) is 2.08. The molecule has 1 aliphatic rings. The van der Waals surface area contributed by atoms with Gasteiger partial charge in [0.1, 0.15) is 11.7 Å². The smallest absolute Gasteiger partial charge is 0.293 e. The maximum Gasteiger partial charge on any atom is 0.293 e. The van der Waals surface area contributed by atoms with Crippen molar-refractivity contribution in [3.63, 3.8) is 0 Å². The number of amides is 2. The molecule has 2 rings (SSSR count). The van der Waals surface area contributed by atoms with Crippen molar-refractivity contribution in [1.82, 2.24) is 10.6 Å². The minimum Gasteiger partial charge on any atom is -0.353 e. The summed E-state index contributed by atoms with van der Waals surface area (Å²) in [5.41, 5.74) is -0.0885.